The van der Waals surface area contributed by atoms with E-state index in [0.29, 0.717) is 5.82 Å². The van der Waals surface area contributed by atoms with Crippen molar-refractivity contribution in [3.8, 4) is 6.57 Å². The first-order chi connectivity index (χ1) is 11.3. The van der Waals surface area contributed by atoms with Gasteiger partial charge in [-0.05, 0) is 38.8 Å². The van der Waals surface area contributed by atoms with Gasteiger partial charge < -0.3 is 25.8 Å². The molecule has 0 aliphatic heterocycles. The average molecular weight is 339 g/mol. The molecule has 0 saturated heterocycles. The van der Waals surface area contributed by atoms with Crippen LogP contribution in [0, 0.1) is 11.8 Å². The first kappa shape index (κ1) is 21.8. The van der Waals surface area contributed by atoms with Gasteiger partial charge in [0.05, 0.1) is 12.7 Å². The van der Waals surface area contributed by atoms with E-state index in [1.807, 2.05) is 12.1 Å². The molecular weight excluding hydrogens is 314 g/mol. The maximum absolute atomic E-state index is 9.03. The molecule has 1 atom stereocenters. The molecular formula is C15H25N5O4. The van der Waals surface area contributed by atoms with E-state index in [1.165, 1.54) is 20.2 Å². The largest absolute Gasteiger partial charge is 0.394 e. The van der Waals surface area contributed by atoms with Crippen molar-refractivity contribution >= 4 is 11.3 Å². The van der Waals surface area contributed by atoms with Gasteiger partial charge in [-0.3, -0.25) is 0 Å². The smallest absolute Gasteiger partial charge is 0.156 e. The second kappa shape index (κ2) is 10.5. The highest BCUT2D eigenvalue weighted by molar-refractivity contribution is 5.65. The van der Waals surface area contributed by atoms with E-state index in [0.717, 1.165) is 24.1 Å². The standard InChI is InChI=1S/C11H16N4O2.C3H8O2.CHN/c1-17-9(6-16)4-2-8-3-5-10-11(12)13-7-14-15(8)10;1-3(2,4)5;1-2/h3,5,7,9,16H,2,4,6H2,1H3,(H2,12,13,14);4-5H,1-2H3;1H. The Bertz CT molecular complexity index is 611. The molecule has 2 heterocycles. The number of rotatable bonds is 5. The van der Waals surface area contributed by atoms with Crippen LogP contribution >= 0.6 is 0 Å². The lowest BCUT2D eigenvalue weighted by Crippen LogP contribution is -2.16. The highest BCUT2D eigenvalue weighted by atomic mass is 16.5. The summed E-state index contributed by atoms with van der Waals surface area (Å²) in [7, 11) is 1.59. The van der Waals surface area contributed by atoms with Gasteiger partial charge in [0.2, 0.25) is 0 Å². The molecule has 0 amide bonds. The molecule has 2 rings (SSSR count). The van der Waals surface area contributed by atoms with E-state index in [9.17, 15) is 0 Å². The van der Waals surface area contributed by atoms with Gasteiger partial charge in [0.1, 0.15) is 11.8 Å². The number of nitriles is 1. The average Bonchev–Trinajstić information content (AvgIpc) is 2.93. The van der Waals surface area contributed by atoms with Gasteiger partial charge in [-0.1, -0.05) is 0 Å². The summed E-state index contributed by atoms with van der Waals surface area (Å²) >= 11 is 0. The summed E-state index contributed by atoms with van der Waals surface area (Å²) in [4.78, 5) is 3.93. The molecule has 0 aromatic carbocycles. The van der Waals surface area contributed by atoms with Crippen molar-refractivity contribution in [1.82, 2.24) is 14.6 Å². The SMILES string of the molecule is C#N.CC(C)(O)O.COC(CO)CCc1ccc2c(N)ncnn12. The van der Waals surface area contributed by atoms with Crippen molar-refractivity contribution in [3.05, 3.63) is 24.2 Å². The highest BCUT2D eigenvalue weighted by Crippen LogP contribution is 2.15. The van der Waals surface area contributed by atoms with Crippen LogP contribution in [0.3, 0.4) is 0 Å². The van der Waals surface area contributed by atoms with Crippen LogP contribution in [-0.4, -0.2) is 55.5 Å². The van der Waals surface area contributed by atoms with Gasteiger partial charge >= 0.3 is 0 Å². The van der Waals surface area contributed by atoms with E-state index in [2.05, 4.69) is 16.7 Å². The number of anilines is 1. The number of nitrogen functional groups attached to an aromatic ring is 1. The molecule has 2 aromatic heterocycles. The van der Waals surface area contributed by atoms with E-state index in [4.69, 9.17) is 31.1 Å². The number of ether oxygens (including phenoxy) is 1. The van der Waals surface area contributed by atoms with Gasteiger partial charge in [-0.2, -0.15) is 5.10 Å². The summed E-state index contributed by atoms with van der Waals surface area (Å²) in [5.41, 5.74) is 7.58. The van der Waals surface area contributed by atoms with Crippen LogP contribution < -0.4 is 5.73 Å². The number of aliphatic hydroxyl groups excluding tert-OH is 1. The minimum absolute atomic E-state index is 0.0247. The molecule has 0 fully saturated rings. The van der Waals surface area contributed by atoms with Gasteiger partial charge in [0.15, 0.2) is 11.6 Å². The molecule has 0 aliphatic carbocycles. The van der Waals surface area contributed by atoms with Crippen molar-refractivity contribution in [2.75, 3.05) is 19.5 Å². The summed E-state index contributed by atoms with van der Waals surface area (Å²) in [6.45, 7) is 6.12. The number of aromatic nitrogens is 3. The number of nitrogens with zero attached hydrogens (tertiary/aromatic N) is 4. The minimum atomic E-state index is -1.50. The fourth-order valence-corrected chi connectivity index (χ4v) is 1.79. The lowest BCUT2D eigenvalue weighted by molar-refractivity contribution is -0.127. The Morgan fingerprint density at radius 2 is 1.96 bits per heavy atom. The van der Waals surface area contributed by atoms with Crippen LogP contribution in [0.5, 0.6) is 0 Å². The summed E-state index contributed by atoms with van der Waals surface area (Å²) < 4.78 is 6.89. The maximum Gasteiger partial charge on any atom is 0.156 e. The Balaban J connectivity index is 0.000000650. The molecule has 24 heavy (non-hydrogen) atoms. The lowest BCUT2D eigenvalue weighted by atomic mass is 10.1. The Kier molecular flexibility index (Phi) is 9.53. The highest BCUT2D eigenvalue weighted by Gasteiger charge is 2.10. The third-order valence-electron chi connectivity index (χ3n) is 2.82. The van der Waals surface area contributed by atoms with Crippen LogP contribution in [0.1, 0.15) is 26.0 Å². The Morgan fingerprint density at radius 1 is 1.38 bits per heavy atom. The first-order valence-corrected chi connectivity index (χ1v) is 7.17. The predicted molar refractivity (Wildman–Crippen MR) is 88.8 cm³/mol. The zero-order valence-corrected chi connectivity index (χ0v) is 14.1. The number of hydrogen-bond donors (Lipinski definition) is 4. The summed E-state index contributed by atoms with van der Waals surface area (Å²) in [5.74, 6) is -1.03. The number of nitrogens with two attached hydrogens (primary N) is 1. The first-order valence-electron chi connectivity index (χ1n) is 7.17. The Morgan fingerprint density at radius 3 is 2.46 bits per heavy atom. The number of fused-ring (bicyclic) bond motifs is 1. The summed E-state index contributed by atoms with van der Waals surface area (Å²) in [6.07, 6.45) is 2.80. The normalized spacial score (nSPS) is 11.8. The van der Waals surface area contributed by atoms with Gasteiger partial charge in [-0.15, -0.1) is 0 Å². The van der Waals surface area contributed by atoms with Crippen molar-refractivity contribution in [2.45, 2.75) is 38.6 Å². The monoisotopic (exact) mass is 339 g/mol. The summed E-state index contributed by atoms with van der Waals surface area (Å²) in [6, 6.07) is 3.86. The van der Waals surface area contributed by atoms with Crippen LogP contribution in [0.4, 0.5) is 5.82 Å². The van der Waals surface area contributed by atoms with Crippen LogP contribution in [0.15, 0.2) is 18.5 Å². The zero-order valence-electron chi connectivity index (χ0n) is 14.1. The minimum Gasteiger partial charge on any atom is -0.394 e. The van der Waals surface area contributed by atoms with E-state index < -0.39 is 5.79 Å². The number of aryl methyl sites for hydroxylation is 1. The topological polar surface area (TPSA) is 150 Å². The zero-order chi connectivity index (χ0) is 18.8. The second-order valence-electron chi connectivity index (χ2n) is 5.34. The van der Waals surface area contributed by atoms with Crippen molar-refractivity contribution in [2.24, 2.45) is 0 Å². The number of methoxy groups -OCH3 is 1. The molecule has 9 nitrogen and oxygen atoms in total. The molecule has 0 aliphatic rings. The van der Waals surface area contributed by atoms with Crippen LogP contribution in [-0.2, 0) is 11.2 Å². The fraction of sp³-hybridized carbons (Fsp3) is 0.533. The molecule has 0 spiro atoms. The van der Waals surface area contributed by atoms with Crippen molar-refractivity contribution in [1.29, 1.82) is 5.26 Å². The van der Waals surface area contributed by atoms with Crippen molar-refractivity contribution < 1.29 is 20.1 Å². The summed E-state index contributed by atoms with van der Waals surface area (Å²) in [5, 5.41) is 35.8. The molecule has 0 bridgehead atoms. The quantitative estimate of drug-likeness (QED) is 0.560. The third kappa shape index (κ3) is 7.85. The van der Waals surface area contributed by atoms with Crippen molar-refractivity contribution in [3.63, 3.8) is 0 Å². The Labute approximate surface area is 140 Å². The lowest BCUT2D eigenvalue weighted by Gasteiger charge is -2.11. The predicted octanol–water partition coefficient (Wildman–Crippen LogP) is 0.0983. The number of aliphatic hydroxyl groups is 3. The molecule has 134 valence electrons. The fourth-order valence-electron chi connectivity index (χ4n) is 1.79. The molecule has 2 aromatic rings. The molecule has 9 heteroatoms. The number of hydrogen-bond acceptors (Lipinski definition) is 8. The van der Waals surface area contributed by atoms with E-state index >= 15 is 0 Å². The Hall–Kier alpha value is -2.25. The van der Waals surface area contributed by atoms with Crippen LogP contribution in [0.25, 0.3) is 5.52 Å². The van der Waals surface area contributed by atoms with E-state index in [-0.39, 0.29) is 12.7 Å². The second-order valence-corrected chi connectivity index (χ2v) is 5.34. The molecule has 1 unspecified atom stereocenters. The van der Waals surface area contributed by atoms with Crippen LogP contribution in [0.2, 0.25) is 0 Å². The molecule has 5 N–H and O–H groups in total. The molecule has 0 saturated carbocycles. The third-order valence-corrected chi connectivity index (χ3v) is 2.82. The molecule has 0 radical (unpaired) electrons. The van der Waals surface area contributed by atoms with Gasteiger partial charge in [-0.25, -0.2) is 14.8 Å². The van der Waals surface area contributed by atoms with Gasteiger partial charge in [0.25, 0.3) is 0 Å². The maximum atomic E-state index is 9.03. The van der Waals surface area contributed by atoms with E-state index in [1.54, 1.807) is 11.6 Å². The van der Waals surface area contributed by atoms with Gasteiger partial charge in [0, 0.05) is 19.4 Å².